The lowest BCUT2D eigenvalue weighted by molar-refractivity contribution is 0.102. The Bertz CT molecular complexity index is 918. The molecule has 0 fully saturated rings. The van der Waals surface area contributed by atoms with Gasteiger partial charge in [-0.1, -0.05) is 0 Å². The average Bonchev–Trinajstić information content (AvgIpc) is 3.09. The van der Waals surface area contributed by atoms with Crippen LogP contribution in [-0.4, -0.2) is 23.9 Å². The summed E-state index contributed by atoms with van der Waals surface area (Å²) in [6.45, 7) is 1.79. The van der Waals surface area contributed by atoms with Crippen LogP contribution in [0.4, 0.5) is 11.4 Å². The Morgan fingerprint density at radius 2 is 1.50 bits per heavy atom. The summed E-state index contributed by atoms with van der Waals surface area (Å²) in [6.07, 6.45) is 0. The minimum absolute atomic E-state index is 0.208. The number of carbonyl (C=O) groups is 2. The Balaban J connectivity index is 1.63. The summed E-state index contributed by atoms with van der Waals surface area (Å²) in [5.41, 5.74) is 4.12. The molecule has 1 heterocycles. The van der Waals surface area contributed by atoms with Crippen molar-refractivity contribution in [2.24, 2.45) is 0 Å². The van der Waals surface area contributed by atoms with E-state index in [1.807, 2.05) is 0 Å². The molecule has 0 aliphatic carbocycles. The van der Waals surface area contributed by atoms with Crippen LogP contribution in [0.25, 0.3) is 0 Å². The van der Waals surface area contributed by atoms with E-state index in [-0.39, 0.29) is 11.8 Å². The van der Waals surface area contributed by atoms with Gasteiger partial charge >= 0.3 is 0 Å². The van der Waals surface area contributed by atoms with Crippen molar-refractivity contribution in [2.75, 3.05) is 17.7 Å². The Hall–Kier alpha value is -3.19. The number of benzene rings is 2. The second-order valence-corrected chi connectivity index (χ2v) is 6.34. The predicted octanol–water partition coefficient (Wildman–Crippen LogP) is 3.96. The number of aromatic nitrogens is 1. The van der Waals surface area contributed by atoms with Crippen LogP contribution >= 0.6 is 11.3 Å². The van der Waals surface area contributed by atoms with Gasteiger partial charge in [0.25, 0.3) is 11.8 Å². The summed E-state index contributed by atoms with van der Waals surface area (Å²) in [7, 11) is 1.59. The molecular formula is C19H17N3O3S. The number of rotatable bonds is 5. The van der Waals surface area contributed by atoms with Gasteiger partial charge in [0.1, 0.15) is 10.6 Å². The number of thiazole rings is 1. The Labute approximate surface area is 154 Å². The number of methoxy groups -OCH3 is 1. The zero-order chi connectivity index (χ0) is 18.5. The van der Waals surface area contributed by atoms with E-state index in [2.05, 4.69) is 15.6 Å². The molecule has 0 aliphatic heterocycles. The highest BCUT2D eigenvalue weighted by molar-refractivity contribution is 7.12. The number of nitrogens with zero attached hydrogens (tertiary/aromatic N) is 1. The number of hydrogen-bond donors (Lipinski definition) is 2. The first kappa shape index (κ1) is 17.6. The molecule has 6 nitrogen and oxygen atoms in total. The van der Waals surface area contributed by atoms with Crippen molar-refractivity contribution in [1.29, 1.82) is 0 Å². The maximum absolute atomic E-state index is 12.3. The minimum atomic E-state index is -0.230. The monoisotopic (exact) mass is 367 g/mol. The van der Waals surface area contributed by atoms with Crippen LogP contribution in [0.3, 0.4) is 0 Å². The quantitative estimate of drug-likeness (QED) is 0.715. The summed E-state index contributed by atoms with van der Waals surface area (Å²) in [5, 5.41) is 5.61. The molecule has 0 saturated carbocycles. The van der Waals surface area contributed by atoms with E-state index in [4.69, 9.17) is 4.74 Å². The zero-order valence-electron chi connectivity index (χ0n) is 14.3. The molecule has 3 rings (SSSR count). The standard InChI is InChI=1S/C19H17N3O3S/c1-12-17(26-11-20-12)19(24)22-14-5-3-13(4-6-14)18(23)21-15-7-9-16(25-2)10-8-15/h3-11H,1-2H3,(H,21,23)(H,22,24). The average molecular weight is 367 g/mol. The lowest BCUT2D eigenvalue weighted by Gasteiger charge is -2.08. The molecule has 132 valence electrons. The molecule has 7 heteroatoms. The number of nitrogens with one attached hydrogen (secondary N) is 2. The molecule has 2 amide bonds. The second-order valence-electron chi connectivity index (χ2n) is 5.48. The number of ether oxygens (including phenoxy) is 1. The van der Waals surface area contributed by atoms with Gasteiger partial charge in [-0.05, 0) is 55.5 Å². The molecule has 0 bridgehead atoms. The molecule has 0 saturated heterocycles. The highest BCUT2D eigenvalue weighted by atomic mass is 32.1. The molecule has 3 aromatic rings. The zero-order valence-corrected chi connectivity index (χ0v) is 15.1. The molecule has 2 aromatic carbocycles. The fraction of sp³-hybridized carbons (Fsp3) is 0.105. The Morgan fingerprint density at radius 1 is 0.923 bits per heavy atom. The number of aryl methyl sites for hydroxylation is 1. The van der Waals surface area contributed by atoms with Gasteiger partial charge in [-0.3, -0.25) is 9.59 Å². The van der Waals surface area contributed by atoms with Crippen molar-refractivity contribution < 1.29 is 14.3 Å². The first-order valence-electron chi connectivity index (χ1n) is 7.83. The van der Waals surface area contributed by atoms with Gasteiger partial charge in [-0.15, -0.1) is 11.3 Å². The lowest BCUT2D eigenvalue weighted by Crippen LogP contribution is -2.13. The third-order valence-corrected chi connectivity index (χ3v) is 4.63. The van der Waals surface area contributed by atoms with Gasteiger partial charge in [0.05, 0.1) is 18.3 Å². The highest BCUT2D eigenvalue weighted by Crippen LogP contribution is 2.18. The fourth-order valence-electron chi connectivity index (χ4n) is 2.29. The van der Waals surface area contributed by atoms with Crippen LogP contribution in [0, 0.1) is 6.92 Å². The predicted molar refractivity (Wildman–Crippen MR) is 102 cm³/mol. The lowest BCUT2D eigenvalue weighted by atomic mass is 10.2. The van der Waals surface area contributed by atoms with E-state index in [0.29, 0.717) is 27.5 Å². The van der Waals surface area contributed by atoms with E-state index >= 15 is 0 Å². The fourth-order valence-corrected chi connectivity index (χ4v) is 2.99. The normalized spacial score (nSPS) is 10.2. The van der Waals surface area contributed by atoms with Gasteiger partial charge < -0.3 is 15.4 Å². The summed E-state index contributed by atoms with van der Waals surface area (Å²) >= 11 is 1.29. The Morgan fingerprint density at radius 3 is 2.04 bits per heavy atom. The molecule has 0 radical (unpaired) electrons. The first-order chi connectivity index (χ1) is 12.6. The topological polar surface area (TPSA) is 80.3 Å². The number of amides is 2. The second kappa shape index (κ2) is 7.79. The molecule has 26 heavy (non-hydrogen) atoms. The third kappa shape index (κ3) is 4.07. The summed E-state index contributed by atoms with van der Waals surface area (Å²) in [5.74, 6) is 0.283. The van der Waals surface area contributed by atoms with Crippen molar-refractivity contribution in [1.82, 2.24) is 4.98 Å². The van der Waals surface area contributed by atoms with Crippen LogP contribution in [0.5, 0.6) is 5.75 Å². The smallest absolute Gasteiger partial charge is 0.267 e. The molecule has 1 aromatic heterocycles. The summed E-state index contributed by atoms with van der Waals surface area (Å²) in [6, 6.07) is 13.8. The van der Waals surface area contributed by atoms with Crippen molar-refractivity contribution in [2.45, 2.75) is 6.92 Å². The third-order valence-electron chi connectivity index (χ3n) is 3.70. The van der Waals surface area contributed by atoms with E-state index in [1.54, 1.807) is 68.1 Å². The van der Waals surface area contributed by atoms with E-state index in [9.17, 15) is 9.59 Å². The SMILES string of the molecule is COc1ccc(NC(=O)c2ccc(NC(=O)c3scnc3C)cc2)cc1. The number of hydrogen-bond acceptors (Lipinski definition) is 5. The van der Waals surface area contributed by atoms with E-state index in [0.717, 1.165) is 5.75 Å². The van der Waals surface area contributed by atoms with Gasteiger partial charge in [0, 0.05) is 16.9 Å². The molecule has 0 unspecified atom stereocenters. The van der Waals surface area contributed by atoms with Crippen LogP contribution in [0.1, 0.15) is 25.7 Å². The Kier molecular flexibility index (Phi) is 5.28. The van der Waals surface area contributed by atoms with E-state index < -0.39 is 0 Å². The molecular weight excluding hydrogens is 350 g/mol. The van der Waals surface area contributed by atoms with Crippen LogP contribution in [0.2, 0.25) is 0 Å². The van der Waals surface area contributed by atoms with Crippen molar-refractivity contribution in [3.8, 4) is 5.75 Å². The maximum atomic E-state index is 12.3. The minimum Gasteiger partial charge on any atom is -0.497 e. The van der Waals surface area contributed by atoms with Crippen molar-refractivity contribution in [3.63, 3.8) is 0 Å². The molecule has 0 spiro atoms. The molecule has 0 aliphatic rings. The van der Waals surface area contributed by atoms with Gasteiger partial charge in [0.15, 0.2) is 0 Å². The van der Waals surface area contributed by atoms with Crippen molar-refractivity contribution >= 4 is 34.5 Å². The highest BCUT2D eigenvalue weighted by Gasteiger charge is 2.12. The van der Waals surface area contributed by atoms with Crippen LogP contribution in [0.15, 0.2) is 54.0 Å². The van der Waals surface area contributed by atoms with Crippen molar-refractivity contribution in [3.05, 3.63) is 70.2 Å². The first-order valence-corrected chi connectivity index (χ1v) is 8.71. The van der Waals surface area contributed by atoms with Gasteiger partial charge in [0.2, 0.25) is 0 Å². The summed E-state index contributed by atoms with van der Waals surface area (Å²) < 4.78 is 5.09. The van der Waals surface area contributed by atoms with E-state index in [1.165, 1.54) is 11.3 Å². The van der Waals surface area contributed by atoms with Gasteiger partial charge in [-0.25, -0.2) is 4.98 Å². The van der Waals surface area contributed by atoms with Gasteiger partial charge in [-0.2, -0.15) is 0 Å². The van der Waals surface area contributed by atoms with Crippen LogP contribution in [-0.2, 0) is 0 Å². The maximum Gasteiger partial charge on any atom is 0.267 e. The largest absolute Gasteiger partial charge is 0.497 e. The molecule has 0 atom stereocenters. The number of carbonyl (C=O) groups excluding carboxylic acids is 2. The summed E-state index contributed by atoms with van der Waals surface area (Å²) in [4.78, 5) is 29.1. The van der Waals surface area contributed by atoms with Crippen LogP contribution < -0.4 is 15.4 Å². The number of anilines is 2. The molecule has 2 N–H and O–H groups in total.